The predicted molar refractivity (Wildman–Crippen MR) is 57.4 cm³/mol. The van der Waals surface area contributed by atoms with Gasteiger partial charge in [0.2, 0.25) is 0 Å². The van der Waals surface area contributed by atoms with Gasteiger partial charge in [-0.1, -0.05) is 48.1 Å². The largest absolute Gasteiger partial charge is 0.0839 e. The molecule has 68 valence electrons. The van der Waals surface area contributed by atoms with Gasteiger partial charge in [0.25, 0.3) is 0 Å². The maximum absolute atomic E-state index is 2.36. The van der Waals surface area contributed by atoms with Crippen LogP contribution in [0.3, 0.4) is 0 Å². The molecular weight excluding hydrogens is 156 g/mol. The van der Waals surface area contributed by atoms with E-state index in [1.807, 2.05) is 0 Å². The molecule has 0 heteroatoms. The minimum atomic E-state index is 0.727. The Bertz CT molecular complexity index is 289. The van der Waals surface area contributed by atoms with Crippen LogP contribution >= 0.6 is 0 Å². The van der Waals surface area contributed by atoms with E-state index in [1.54, 1.807) is 0 Å². The molecule has 0 nitrogen and oxygen atoms in total. The second-order valence-corrected chi connectivity index (χ2v) is 3.92. The lowest BCUT2D eigenvalue weighted by molar-refractivity contribution is 0.476. The Labute approximate surface area is 80.3 Å². The SMILES string of the molecule is CC1=CCC(C2C=CC=CC2)C=C1. The summed E-state index contributed by atoms with van der Waals surface area (Å²) in [5.74, 6) is 1.45. The Balaban J connectivity index is 2.00. The van der Waals surface area contributed by atoms with Crippen molar-refractivity contribution < 1.29 is 0 Å². The summed E-state index contributed by atoms with van der Waals surface area (Å²) in [6, 6.07) is 0. The highest BCUT2D eigenvalue weighted by atomic mass is 14.2. The van der Waals surface area contributed by atoms with Crippen molar-refractivity contribution in [3.8, 4) is 0 Å². The second kappa shape index (κ2) is 3.78. The van der Waals surface area contributed by atoms with E-state index >= 15 is 0 Å². The zero-order valence-corrected chi connectivity index (χ0v) is 8.11. The number of rotatable bonds is 1. The second-order valence-electron chi connectivity index (χ2n) is 3.92. The van der Waals surface area contributed by atoms with Crippen LogP contribution in [0.15, 0.2) is 48.1 Å². The normalized spacial score (nSPS) is 31.9. The molecule has 0 radical (unpaired) electrons. The van der Waals surface area contributed by atoms with Gasteiger partial charge in [-0.05, 0) is 31.6 Å². The average molecular weight is 172 g/mol. The average Bonchev–Trinajstić information content (AvgIpc) is 2.20. The van der Waals surface area contributed by atoms with Gasteiger partial charge in [0.1, 0.15) is 0 Å². The summed E-state index contributed by atoms with van der Waals surface area (Å²) in [6.45, 7) is 2.17. The van der Waals surface area contributed by atoms with E-state index in [4.69, 9.17) is 0 Å². The summed E-state index contributed by atoms with van der Waals surface area (Å²) >= 11 is 0. The first-order chi connectivity index (χ1) is 6.36. The minimum absolute atomic E-state index is 0.727. The summed E-state index contributed by atoms with van der Waals surface area (Å²) in [7, 11) is 0. The smallest absolute Gasteiger partial charge is 0.0129 e. The first-order valence-electron chi connectivity index (χ1n) is 5.04. The van der Waals surface area contributed by atoms with Crippen LogP contribution in [0.4, 0.5) is 0 Å². The molecule has 2 aliphatic rings. The summed E-state index contributed by atoms with van der Waals surface area (Å²) < 4.78 is 0. The molecule has 2 rings (SSSR count). The summed E-state index contributed by atoms with van der Waals surface area (Å²) in [6.07, 6.45) is 18.3. The fourth-order valence-corrected chi connectivity index (χ4v) is 1.98. The fraction of sp³-hybridized carbons (Fsp3) is 0.385. The molecule has 0 saturated carbocycles. The molecule has 0 aromatic carbocycles. The molecule has 2 atom stereocenters. The van der Waals surface area contributed by atoms with E-state index in [-0.39, 0.29) is 0 Å². The van der Waals surface area contributed by atoms with Gasteiger partial charge in [-0.25, -0.2) is 0 Å². The summed E-state index contributed by atoms with van der Waals surface area (Å²) in [5.41, 5.74) is 1.41. The third-order valence-electron chi connectivity index (χ3n) is 2.88. The van der Waals surface area contributed by atoms with Gasteiger partial charge >= 0.3 is 0 Å². The molecular formula is C13H16. The maximum atomic E-state index is 2.36. The van der Waals surface area contributed by atoms with Crippen molar-refractivity contribution in [2.75, 3.05) is 0 Å². The highest BCUT2D eigenvalue weighted by molar-refractivity contribution is 5.24. The zero-order chi connectivity index (χ0) is 9.10. The van der Waals surface area contributed by atoms with Gasteiger partial charge in [-0.15, -0.1) is 0 Å². The van der Waals surface area contributed by atoms with Gasteiger partial charge < -0.3 is 0 Å². The molecule has 0 heterocycles. The van der Waals surface area contributed by atoms with Crippen LogP contribution in [-0.4, -0.2) is 0 Å². The Kier molecular flexibility index (Phi) is 2.49. The Morgan fingerprint density at radius 3 is 2.54 bits per heavy atom. The van der Waals surface area contributed by atoms with Gasteiger partial charge in [0, 0.05) is 0 Å². The molecule has 13 heavy (non-hydrogen) atoms. The minimum Gasteiger partial charge on any atom is -0.0839 e. The fourth-order valence-electron chi connectivity index (χ4n) is 1.98. The lowest BCUT2D eigenvalue weighted by Crippen LogP contribution is -2.12. The molecule has 0 aromatic rings. The van der Waals surface area contributed by atoms with Crippen LogP contribution < -0.4 is 0 Å². The van der Waals surface area contributed by atoms with Crippen molar-refractivity contribution in [1.29, 1.82) is 0 Å². The van der Waals surface area contributed by atoms with E-state index in [1.165, 1.54) is 18.4 Å². The quantitative estimate of drug-likeness (QED) is 0.566. The number of allylic oxidation sites excluding steroid dienone is 8. The third kappa shape index (κ3) is 2.00. The van der Waals surface area contributed by atoms with Crippen molar-refractivity contribution in [1.82, 2.24) is 0 Å². The molecule has 0 fully saturated rings. The van der Waals surface area contributed by atoms with E-state index < -0.39 is 0 Å². The van der Waals surface area contributed by atoms with E-state index in [9.17, 15) is 0 Å². The molecule has 0 N–H and O–H groups in total. The van der Waals surface area contributed by atoms with Gasteiger partial charge in [0.15, 0.2) is 0 Å². The lowest BCUT2D eigenvalue weighted by Gasteiger charge is -2.23. The van der Waals surface area contributed by atoms with Crippen molar-refractivity contribution in [3.63, 3.8) is 0 Å². The molecule has 0 saturated heterocycles. The maximum Gasteiger partial charge on any atom is -0.0129 e. The van der Waals surface area contributed by atoms with Crippen LogP contribution in [0.25, 0.3) is 0 Å². The zero-order valence-electron chi connectivity index (χ0n) is 8.11. The molecule has 0 amide bonds. The summed E-state index contributed by atoms with van der Waals surface area (Å²) in [4.78, 5) is 0. The molecule has 0 spiro atoms. The molecule has 2 aliphatic carbocycles. The Hall–Kier alpha value is -1.04. The topological polar surface area (TPSA) is 0 Å². The Morgan fingerprint density at radius 2 is 1.92 bits per heavy atom. The van der Waals surface area contributed by atoms with Crippen molar-refractivity contribution in [2.24, 2.45) is 11.8 Å². The standard InChI is InChI=1S/C13H16/c1-11-7-9-13(10-8-11)12-5-3-2-4-6-12/h2-5,7-9,12-13H,6,10H2,1H3. The molecule has 0 aliphatic heterocycles. The van der Waals surface area contributed by atoms with Gasteiger partial charge in [0.05, 0.1) is 0 Å². The molecule has 0 aromatic heterocycles. The van der Waals surface area contributed by atoms with Crippen LogP contribution in [0.5, 0.6) is 0 Å². The van der Waals surface area contributed by atoms with Crippen molar-refractivity contribution in [3.05, 3.63) is 48.1 Å². The van der Waals surface area contributed by atoms with E-state index in [2.05, 4.69) is 49.5 Å². The van der Waals surface area contributed by atoms with E-state index in [0.717, 1.165) is 11.8 Å². The van der Waals surface area contributed by atoms with Gasteiger partial charge in [-0.2, -0.15) is 0 Å². The predicted octanol–water partition coefficient (Wildman–Crippen LogP) is 3.64. The van der Waals surface area contributed by atoms with Gasteiger partial charge in [-0.3, -0.25) is 0 Å². The first-order valence-corrected chi connectivity index (χ1v) is 5.04. The lowest BCUT2D eigenvalue weighted by atomic mass is 9.82. The highest BCUT2D eigenvalue weighted by Gasteiger charge is 2.16. The summed E-state index contributed by atoms with van der Waals surface area (Å²) in [5, 5.41) is 0. The third-order valence-corrected chi connectivity index (χ3v) is 2.88. The Morgan fingerprint density at radius 1 is 1.08 bits per heavy atom. The van der Waals surface area contributed by atoms with Crippen LogP contribution in [0, 0.1) is 11.8 Å². The number of hydrogen-bond acceptors (Lipinski definition) is 0. The van der Waals surface area contributed by atoms with Crippen molar-refractivity contribution in [2.45, 2.75) is 19.8 Å². The van der Waals surface area contributed by atoms with Crippen LogP contribution in [0.2, 0.25) is 0 Å². The van der Waals surface area contributed by atoms with Crippen molar-refractivity contribution >= 4 is 0 Å². The van der Waals surface area contributed by atoms with Crippen LogP contribution in [0.1, 0.15) is 19.8 Å². The highest BCUT2D eigenvalue weighted by Crippen LogP contribution is 2.28. The monoisotopic (exact) mass is 172 g/mol. The molecule has 0 bridgehead atoms. The van der Waals surface area contributed by atoms with Crippen LogP contribution in [-0.2, 0) is 0 Å². The van der Waals surface area contributed by atoms with E-state index in [0.29, 0.717) is 0 Å². The molecule has 2 unspecified atom stereocenters. The number of hydrogen-bond donors (Lipinski definition) is 0. The first kappa shape index (κ1) is 8.55.